The maximum atomic E-state index is 11.0. The van der Waals surface area contributed by atoms with Crippen LogP contribution in [-0.4, -0.2) is 31.7 Å². The molecule has 1 aromatic carbocycles. The minimum atomic E-state index is -0.383. The summed E-state index contributed by atoms with van der Waals surface area (Å²) in [5.41, 5.74) is 1.97. The molecule has 6 heteroatoms. The normalized spacial score (nSPS) is 14.6. The Kier molecular flexibility index (Phi) is 4.95. The maximum Gasteiger partial charge on any atom is 0.292 e. The van der Waals surface area contributed by atoms with Crippen LogP contribution in [0.4, 0.5) is 11.4 Å². The van der Waals surface area contributed by atoms with Crippen molar-refractivity contribution in [2.45, 2.75) is 12.8 Å². The number of nitro benzene ring substituents is 1. The van der Waals surface area contributed by atoms with Gasteiger partial charge in [0.15, 0.2) is 0 Å². The Bertz CT molecular complexity index is 514. The number of methoxy groups -OCH3 is 1. The van der Waals surface area contributed by atoms with Crippen LogP contribution in [-0.2, 0) is 0 Å². The van der Waals surface area contributed by atoms with Gasteiger partial charge in [0.25, 0.3) is 5.69 Å². The molecule has 1 aliphatic heterocycles. The van der Waals surface area contributed by atoms with Crippen molar-refractivity contribution in [3.63, 3.8) is 0 Å². The molecule has 108 valence electrons. The van der Waals surface area contributed by atoms with E-state index in [0.29, 0.717) is 18.0 Å². The van der Waals surface area contributed by atoms with Gasteiger partial charge >= 0.3 is 0 Å². The minimum absolute atomic E-state index is 0.0742. The number of hydrogen-bond donors (Lipinski definition) is 2. The second kappa shape index (κ2) is 6.91. The van der Waals surface area contributed by atoms with Crippen LogP contribution in [0.2, 0.25) is 0 Å². The van der Waals surface area contributed by atoms with Crippen LogP contribution < -0.4 is 15.4 Å². The predicted molar refractivity (Wildman–Crippen MR) is 78.3 cm³/mol. The molecule has 0 atom stereocenters. The number of anilines is 1. The number of benzene rings is 1. The molecule has 0 radical (unpaired) electrons. The molecule has 0 amide bonds. The molecule has 2 N–H and O–H groups in total. The smallest absolute Gasteiger partial charge is 0.292 e. The van der Waals surface area contributed by atoms with Gasteiger partial charge in [-0.05, 0) is 25.5 Å². The number of ether oxygens (including phenoxy) is 1. The molecule has 0 aromatic heterocycles. The Morgan fingerprint density at radius 3 is 3.00 bits per heavy atom. The number of nitrogens with one attached hydrogen (secondary N) is 2. The second-order valence-corrected chi connectivity index (χ2v) is 4.63. The first-order chi connectivity index (χ1) is 9.70. The molecule has 1 heterocycles. The van der Waals surface area contributed by atoms with Gasteiger partial charge < -0.3 is 15.4 Å². The highest BCUT2D eigenvalue weighted by Gasteiger charge is 2.14. The lowest BCUT2D eigenvalue weighted by Crippen LogP contribution is -2.21. The quantitative estimate of drug-likeness (QED) is 0.474. The van der Waals surface area contributed by atoms with Gasteiger partial charge in [-0.2, -0.15) is 0 Å². The molecule has 1 aliphatic rings. The molecule has 1 aromatic rings. The summed E-state index contributed by atoms with van der Waals surface area (Å²) >= 11 is 0. The summed E-state index contributed by atoms with van der Waals surface area (Å²) < 4.78 is 5.10. The topological polar surface area (TPSA) is 76.4 Å². The van der Waals surface area contributed by atoms with Crippen molar-refractivity contribution in [1.82, 2.24) is 5.32 Å². The first kappa shape index (κ1) is 14.3. The third kappa shape index (κ3) is 3.71. The van der Waals surface area contributed by atoms with E-state index in [-0.39, 0.29) is 10.6 Å². The summed E-state index contributed by atoms with van der Waals surface area (Å²) in [6.07, 6.45) is 4.13. The second-order valence-electron chi connectivity index (χ2n) is 4.63. The van der Waals surface area contributed by atoms with Gasteiger partial charge in [-0.1, -0.05) is 11.6 Å². The molecule has 0 saturated heterocycles. The number of nitrogens with zero attached hydrogens (tertiary/aromatic N) is 1. The maximum absolute atomic E-state index is 11.0. The number of nitro groups is 1. The lowest BCUT2D eigenvalue weighted by atomic mass is 10.1. The lowest BCUT2D eigenvalue weighted by Gasteiger charge is -2.14. The van der Waals surface area contributed by atoms with Crippen LogP contribution in [0.1, 0.15) is 12.8 Å². The van der Waals surface area contributed by atoms with Gasteiger partial charge in [0.05, 0.1) is 12.0 Å². The van der Waals surface area contributed by atoms with Crippen LogP contribution in [0.15, 0.2) is 29.8 Å². The largest absolute Gasteiger partial charge is 0.497 e. The van der Waals surface area contributed by atoms with E-state index >= 15 is 0 Å². The fourth-order valence-corrected chi connectivity index (χ4v) is 2.20. The van der Waals surface area contributed by atoms with E-state index in [0.717, 1.165) is 25.9 Å². The van der Waals surface area contributed by atoms with Gasteiger partial charge in [-0.15, -0.1) is 0 Å². The standard InChI is InChI=1S/C14H19N3O3/c1-20-12-2-3-14(17(18)19)13(10-12)16-9-6-11-4-7-15-8-5-11/h2-4,10,15-16H,5-9H2,1H3. The average Bonchev–Trinajstić information content (AvgIpc) is 2.48. The SMILES string of the molecule is COc1ccc([N+](=O)[O-])c(NCCC2=CCNCC2)c1. The summed E-state index contributed by atoms with van der Waals surface area (Å²) in [6.45, 7) is 2.60. The van der Waals surface area contributed by atoms with Crippen molar-refractivity contribution in [1.29, 1.82) is 0 Å². The van der Waals surface area contributed by atoms with Gasteiger partial charge in [0.1, 0.15) is 11.4 Å². The molecular formula is C14H19N3O3. The molecule has 20 heavy (non-hydrogen) atoms. The van der Waals surface area contributed by atoms with Crippen molar-refractivity contribution in [3.05, 3.63) is 40.0 Å². The lowest BCUT2D eigenvalue weighted by molar-refractivity contribution is -0.384. The highest BCUT2D eigenvalue weighted by Crippen LogP contribution is 2.28. The van der Waals surface area contributed by atoms with Gasteiger partial charge in [-0.25, -0.2) is 0 Å². The summed E-state index contributed by atoms with van der Waals surface area (Å²) in [7, 11) is 1.55. The zero-order valence-electron chi connectivity index (χ0n) is 11.5. The zero-order chi connectivity index (χ0) is 14.4. The summed E-state index contributed by atoms with van der Waals surface area (Å²) in [5, 5.41) is 17.4. The van der Waals surface area contributed by atoms with Crippen LogP contribution in [0.25, 0.3) is 0 Å². The zero-order valence-corrected chi connectivity index (χ0v) is 11.5. The van der Waals surface area contributed by atoms with Gasteiger partial charge in [0.2, 0.25) is 0 Å². The number of hydrogen-bond acceptors (Lipinski definition) is 5. The monoisotopic (exact) mass is 277 g/mol. The Morgan fingerprint density at radius 2 is 2.35 bits per heavy atom. The number of rotatable bonds is 6. The minimum Gasteiger partial charge on any atom is -0.497 e. The van der Waals surface area contributed by atoms with Crippen LogP contribution >= 0.6 is 0 Å². The van der Waals surface area contributed by atoms with E-state index in [4.69, 9.17) is 4.74 Å². The van der Waals surface area contributed by atoms with Gasteiger partial charge in [-0.3, -0.25) is 10.1 Å². The highest BCUT2D eigenvalue weighted by molar-refractivity contribution is 5.64. The Morgan fingerprint density at radius 1 is 1.50 bits per heavy atom. The predicted octanol–water partition coefficient (Wildman–Crippen LogP) is 2.33. The van der Waals surface area contributed by atoms with Gasteiger partial charge in [0, 0.05) is 25.2 Å². The van der Waals surface area contributed by atoms with Crippen LogP contribution in [0, 0.1) is 10.1 Å². The fraction of sp³-hybridized carbons (Fsp3) is 0.429. The molecule has 0 fully saturated rings. The molecule has 6 nitrogen and oxygen atoms in total. The van der Waals surface area contributed by atoms with E-state index in [1.165, 1.54) is 11.6 Å². The first-order valence-electron chi connectivity index (χ1n) is 6.65. The third-order valence-electron chi connectivity index (χ3n) is 3.32. The van der Waals surface area contributed by atoms with Crippen LogP contribution in [0.5, 0.6) is 5.75 Å². The Balaban J connectivity index is 2.00. The van der Waals surface area contributed by atoms with Crippen molar-refractivity contribution in [2.24, 2.45) is 0 Å². The van der Waals surface area contributed by atoms with E-state index in [2.05, 4.69) is 16.7 Å². The average molecular weight is 277 g/mol. The third-order valence-corrected chi connectivity index (χ3v) is 3.32. The summed E-state index contributed by atoms with van der Waals surface area (Å²) in [4.78, 5) is 10.6. The molecule has 0 saturated carbocycles. The molecule has 0 aliphatic carbocycles. The highest BCUT2D eigenvalue weighted by atomic mass is 16.6. The Hall–Kier alpha value is -2.08. The molecule has 0 unspecified atom stereocenters. The first-order valence-corrected chi connectivity index (χ1v) is 6.65. The molecule has 2 rings (SSSR count). The fourth-order valence-electron chi connectivity index (χ4n) is 2.20. The van der Waals surface area contributed by atoms with E-state index in [9.17, 15) is 10.1 Å². The van der Waals surface area contributed by atoms with Crippen molar-refractivity contribution < 1.29 is 9.66 Å². The van der Waals surface area contributed by atoms with Crippen molar-refractivity contribution in [3.8, 4) is 5.75 Å². The van der Waals surface area contributed by atoms with E-state index in [1.54, 1.807) is 19.2 Å². The molecular weight excluding hydrogens is 258 g/mol. The van der Waals surface area contributed by atoms with E-state index < -0.39 is 0 Å². The summed E-state index contributed by atoms with van der Waals surface area (Å²) in [6, 6.07) is 4.72. The van der Waals surface area contributed by atoms with Crippen molar-refractivity contribution >= 4 is 11.4 Å². The van der Waals surface area contributed by atoms with E-state index in [1.807, 2.05) is 0 Å². The molecule has 0 spiro atoms. The van der Waals surface area contributed by atoms with Crippen LogP contribution in [0.3, 0.4) is 0 Å². The summed E-state index contributed by atoms with van der Waals surface area (Å²) in [5.74, 6) is 0.610. The molecule has 0 bridgehead atoms. The van der Waals surface area contributed by atoms with Crippen molar-refractivity contribution in [2.75, 3.05) is 32.1 Å². The Labute approximate surface area is 118 Å².